The van der Waals surface area contributed by atoms with E-state index in [9.17, 15) is 13.2 Å². The molecule has 0 spiro atoms. The maximum Gasteiger partial charge on any atom is 0.433 e. The lowest BCUT2D eigenvalue weighted by Gasteiger charge is -2.02. The lowest BCUT2D eigenvalue weighted by molar-refractivity contribution is -0.191. The lowest BCUT2D eigenvalue weighted by atomic mass is 10.3. The Labute approximate surface area is 71.2 Å². The van der Waals surface area contributed by atoms with Gasteiger partial charge in [-0.1, -0.05) is 6.07 Å². The standard InChI is InChI=1S/C6H4F3N.CO2/c7-6(8,9)5-3-1-2-4-10-5;2-1-3/h1-4H;. The Morgan fingerprint density at radius 3 is 2.00 bits per heavy atom. The molecule has 0 unspecified atom stereocenters. The van der Waals surface area contributed by atoms with Crippen LogP contribution < -0.4 is 0 Å². The summed E-state index contributed by atoms with van der Waals surface area (Å²) in [6.45, 7) is 0. The van der Waals surface area contributed by atoms with Crippen molar-refractivity contribution in [2.75, 3.05) is 0 Å². The number of rotatable bonds is 0. The normalized spacial score (nSPS) is 9.46. The SMILES string of the molecule is FC(F)(F)c1ccccn1.O=C=O. The van der Waals surface area contributed by atoms with Gasteiger partial charge in [0.2, 0.25) is 0 Å². The summed E-state index contributed by atoms with van der Waals surface area (Å²) in [5.74, 6) is 0. The highest BCUT2D eigenvalue weighted by Gasteiger charge is 2.31. The molecule has 1 rings (SSSR count). The number of pyridine rings is 1. The molecule has 1 heterocycles. The number of hydrogen-bond acceptors (Lipinski definition) is 3. The van der Waals surface area contributed by atoms with Gasteiger partial charge in [0.1, 0.15) is 5.69 Å². The zero-order valence-corrected chi connectivity index (χ0v) is 6.21. The second-order valence-corrected chi connectivity index (χ2v) is 1.80. The highest BCUT2D eigenvalue weighted by Crippen LogP contribution is 2.26. The van der Waals surface area contributed by atoms with E-state index in [1.807, 2.05) is 0 Å². The molecule has 0 fully saturated rings. The van der Waals surface area contributed by atoms with E-state index < -0.39 is 11.9 Å². The molecular formula is C7H4F3NO2. The summed E-state index contributed by atoms with van der Waals surface area (Å²) in [7, 11) is 0. The second kappa shape index (κ2) is 5.05. The van der Waals surface area contributed by atoms with Crippen molar-refractivity contribution in [3.63, 3.8) is 0 Å². The molecule has 0 atom stereocenters. The van der Waals surface area contributed by atoms with Crippen LogP contribution in [0.2, 0.25) is 0 Å². The summed E-state index contributed by atoms with van der Waals surface area (Å²) < 4.78 is 35.2. The Morgan fingerprint density at radius 1 is 1.23 bits per heavy atom. The van der Waals surface area contributed by atoms with Gasteiger partial charge in [-0.25, -0.2) is 0 Å². The molecule has 1 aromatic rings. The van der Waals surface area contributed by atoms with E-state index in [2.05, 4.69) is 4.98 Å². The van der Waals surface area contributed by atoms with E-state index in [-0.39, 0.29) is 6.15 Å². The topological polar surface area (TPSA) is 47.0 Å². The Balaban J connectivity index is 0.000000424. The maximum atomic E-state index is 11.7. The van der Waals surface area contributed by atoms with E-state index in [4.69, 9.17) is 9.59 Å². The molecule has 13 heavy (non-hydrogen) atoms. The zero-order valence-electron chi connectivity index (χ0n) is 6.21. The van der Waals surface area contributed by atoms with Crippen LogP contribution >= 0.6 is 0 Å². The van der Waals surface area contributed by atoms with Gasteiger partial charge in [0.25, 0.3) is 0 Å². The highest BCUT2D eigenvalue weighted by atomic mass is 19.4. The van der Waals surface area contributed by atoms with Gasteiger partial charge < -0.3 is 0 Å². The summed E-state index contributed by atoms with van der Waals surface area (Å²) in [5.41, 5.74) is -0.852. The van der Waals surface area contributed by atoms with E-state index in [1.165, 1.54) is 12.1 Å². The second-order valence-electron chi connectivity index (χ2n) is 1.80. The third-order valence-corrected chi connectivity index (χ3v) is 0.955. The van der Waals surface area contributed by atoms with Crippen molar-refractivity contribution in [2.45, 2.75) is 6.18 Å². The molecule has 0 amide bonds. The number of carbonyl (C=O) groups excluding carboxylic acids is 2. The molecular weight excluding hydrogens is 187 g/mol. The van der Waals surface area contributed by atoms with Gasteiger partial charge in [-0.3, -0.25) is 4.98 Å². The molecule has 70 valence electrons. The molecule has 0 aromatic carbocycles. The van der Waals surface area contributed by atoms with Crippen LogP contribution in [0.15, 0.2) is 24.4 Å². The Hall–Kier alpha value is -1.68. The van der Waals surface area contributed by atoms with E-state index in [0.29, 0.717) is 0 Å². The van der Waals surface area contributed by atoms with Crippen molar-refractivity contribution in [1.29, 1.82) is 0 Å². The quantitative estimate of drug-likeness (QED) is 0.624. The molecule has 0 aliphatic heterocycles. The van der Waals surface area contributed by atoms with Crippen molar-refractivity contribution >= 4 is 6.15 Å². The predicted octanol–water partition coefficient (Wildman–Crippen LogP) is 1.52. The fourth-order valence-corrected chi connectivity index (χ4v) is 0.530. The molecule has 0 aliphatic carbocycles. The van der Waals surface area contributed by atoms with Crippen molar-refractivity contribution in [3.8, 4) is 0 Å². The van der Waals surface area contributed by atoms with Gasteiger partial charge >= 0.3 is 12.3 Å². The zero-order chi connectivity index (χ0) is 10.3. The van der Waals surface area contributed by atoms with Crippen LogP contribution in [-0.4, -0.2) is 11.1 Å². The molecule has 6 heteroatoms. The third-order valence-electron chi connectivity index (χ3n) is 0.955. The Kier molecular flexibility index (Phi) is 4.40. The monoisotopic (exact) mass is 191 g/mol. The van der Waals surface area contributed by atoms with Crippen molar-refractivity contribution < 1.29 is 22.8 Å². The molecule has 1 aromatic heterocycles. The van der Waals surface area contributed by atoms with E-state index in [0.717, 1.165) is 12.3 Å². The molecule has 0 radical (unpaired) electrons. The summed E-state index contributed by atoms with van der Waals surface area (Å²) in [6.07, 6.45) is -2.95. The first-order valence-corrected chi connectivity index (χ1v) is 3.00. The number of alkyl halides is 3. The molecule has 0 aliphatic rings. The summed E-state index contributed by atoms with van der Waals surface area (Å²) >= 11 is 0. The molecule has 3 nitrogen and oxygen atoms in total. The summed E-state index contributed by atoms with van der Waals surface area (Å²) in [5, 5.41) is 0. The van der Waals surface area contributed by atoms with Crippen molar-refractivity contribution in [2.24, 2.45) is 0 Å². The minimum atomic E-state index is -4.32. The van der Waals surface area contributed by atoms with Crippen molar-refractivity contribution in [1.82, 2.24) is 4.98 Å². The lowest BCUT2D eigenvalue weighted by Crippen LogP contribution is -2.06. The van der Waals surface area contributed by atoms with Crippen LogP contribution in [-0.2, 0) is 15.8 Å². The van der Waals surface area contributed by atoms with Gasteiger partial charge in [0, 0.05) is 6.20 Å². The molecule has 0 saturated carbocycles. The van der Waals surface area contributed by atoms with Gasteiger partial charge in [-0.15, -0.1) is 0 Å². The van der Waals surface area contributed by atoms with E-state index >= 15 is 0 Å². The summed E-state index contributed by atoms with van der Waals surface area (Å²) in [6, 6.07) is 3.67. The van der Waals surface area contributed by atoms with Crippen LogP contribution in [0.4, 0.5) is 13.2 Å². The molecule has 0 N–H and O–H groups in total. The van der Waals surface area contributed by atoms with Gasteiger partial charge in [0.15, 0.2) is 0 Å². The van der Waals surface area contributed by atoms with Gasteiger partial charge in [0.05, 0.1) is 0 Å². The van der Waals surface area contributed by atoms with Crippen LogP contribution in [0, 0.1) is 0 Å². The average molecular weight is 191 g/mol. The largest absolute Gasteiger partial charge is 0.433 e. The van der Waals surface area contributed by atoms with Crippen LogP contribution in [0.5, 0.6) is 0 Å². The third kappa shape index (κ3) is 4.71. The number of hydrogen-bond donors (Lipinski definition) is 0. The highest BCUT2D eigenvalue weighted by molar-refractivity contribution is 5.20. The van der Waals surface area contributed by atoms with E-state index in [1.54, 1.807) is 0 Å². The molecule has 0 saturated heterocycles. The average Bonchev–Trinajstić information content (AvgIpc) is 2.06. The number of aromatic nitrogens is 1. The first-order valence-electron chi connectivity index (χ1n) is 3.00. The first-order chi connectivity index (χ1) is 6.02. The molecule has 0 bridgehead atoms. The van der Waals surface area contributed by atoms with Crippen molar-refractivity contribution in [3.05, 3.63) is 30.1 Å². The fourth-order valence-electron chi connectivity index (χ4n) is 0.530. The fraction of sp³-hybridized carbons (Fsp3) is 0.143. The van der Waals surface area contributed by atoms with Crippen LogP contribution in [0.3, 0.4) is 0 Å². The predicted molar refractivity (Wildman–Crippen MR) is 34.2 cm³/mol. The first kappa shape index (κ1) is 11.3. The smallest absolute Gasteiger partial charge is 0.252 e. The minimum absolute atomic E-state index is 0.250. The van der Waals surface area contributed by atoms with Crippen LogP contribution in [0.25, 0.3) is 0 Å². The van der Waals surface area contributed by atoms with Crippen LogP contribution in [0.1, 0.15) is 5.69 Å². The maximum absolute atomic E-state index is 11.7. The summed E-state index contributed by atoms with van der Waals surface area (Å²) in [4.78, 5) is 19.4. The number of nitrogens with zero attached hydrogens (tertiary/aromatic N) is 1. The van der Waals surface area contributed by atoms with Gasteiger partial charge in [-0.05, 0) is 12.1 Å². The van der Waals surface area contributed by atoms with Gasteiger partial charge in [-0.2, -0.15) is 22.8 Å². The Morgan fingerprint density at radius 2 is 1.77 bits per heavy atom. The number of halogens is 3. The minimum Gasteiger partial charge on any atom is -0.252 e. The Bertz CT molecular complexity index is 278.